The maximum atomic E-state index is 12.0. The summed E-state index contributed by atoms with van der Waals surface area (Å²) in [7, 11) is -3.73. The van der Waals surface area contributed by atoms with Gasteiger partial charge in [-0.15, -0.1) is 0 Å². The fourth-order valence-corrected chi connectivity index (χ4v) is 3.17. The van der Waals surface area contributed by atoms with Gasteiger partial charge in [-0.3, -0.25) is 9.59 Å². The molecule has 0 bridgehead atoms. The first-order valence-electron chi connectivity index (χ1n) is 5.55. The molecule has 0 aliphatic carbocycles. The molecule has 1 unspecified atom stereocenters. The Balaban J connectivity index is 2.84. The van der Waals surface area contributed by atoms with E-state index in [1.54, 1.807) is 18.2 Å². The minimum atomic E-state index is -3.73. The first kappa shape index (κ1) is 15.2. The molecule has 1 aromatic rings. The van der Waals surface area contributed by atoms with Crippen LogP contribution in [0, 0.1) is 5.92 Å². The van der Waals surface area contributed by atoms with Crippen LogP contribution in [0.15, 0.2) is 35.2 Å². The molecule has 0 amide bonds. The molecule has 2 N–H and O–H groups in total. The molecule has 7 heteroatoms. The molecular formula is C12H14O6S. The van der Waals surface area contributed by atoms with Crippen LogP contribution >= 0.6 is 0 Å². The Bertz CT molecular complexity index is 549. The van der Waals surface area contributed by atoms with E-state index in [0.29, 0.717) is 0 Å². The van der Waals surface area contributed by atoms with Crippen molar-refractivity contribution in [3.63, 3.8) is 0 Å². The van der Waals surface area contributed by atoms with E-state index < -0.39 is 33.4 Å². The second kappa shape index (κ2) is 6.33. The van der Waals surface area contributed by atoms with Gasteiger partial charge in [0, 0.05) is 6.42 Å². The third-order valence-electron chi connectivity index (χ3n) is 2.58. The van der Waals surface area contributed by atoms with E-state index in [1.165, 1.54) is 12.1 Å². The highest BCUT2D eigenvalue weighted by Gasteiger charge is 2.26. The van der Waals surface area contributed by atoms with Gasteiger partial charge in [0.2, 0.25) is 0 Å². The van der Waals surface area contributed by atoms with Gasteiger partial charge in [0.15, 0.2) is 9.84 Å². The third-order valence-corrected chi connectivity index (χ3v) is 4.41. The highest BCUT2D eigenvalue weighted by atomic mass is 32.2. The first-order chi connectivity index (χ1) is 8.83. The van der Waals surface area contributed by atoms with E-state index in [0.717, 1.165) is 0 Å². The number of benzene rings is 1. The molecule has 1 atom stereocenters. The van der Waals surface area contributed by atoms with Gasteiger partial charge >= 0.3 is 11.9 Å². The standard InChI is InChI=1S/C12H14O6S/c13-11(14)7-6-9(12(15)16)8-19(17,18)10-4-2-1-3-5-10/h1-5,9H,6-8H2,(H,13,14)(H,15,16). The third kappa shape index (κ3) is 4.70. The van der Waals surface area contributed by atoms with Gasteiger partial charge in [-0.2, -0.15) is 0 Å². The van der Waals surface area contributed by atoms with Crippen LogP contribution in [0.3, 0.4) is 0 Å². The Kier molecular flexibility index (Phi) is 5.05. The van der Waals surface area contributed by atoms with E-state index >= 15 is 0 Å². The molecule has 1 aromatic carbocycles. The predicted octanol–water partition coefficient (Wildman–Crippen LogP) is 1.03. The normalized spacial score (nSPS) is 12.8. The number of aliphatic carboxylic acids is 2. The fourth-order valence-electron chi connectivity index (χ4n) is 1.56. The van der Waals surface area contributed by atoms with Crippen LogP contribution in [-0.2, 0) is 19.4 Å². The molecule has 0 saturated heterocycles. The number of sulfone groups is 1. The van der Waals surface area contributed by atoms with Crippen LogP contribution in [0.2, 0.25) is 0 Å². The molecule has 104 valence electrons. The summed E-state index contributed by atoms with van der Waals surface area (Å²) in [5.41, 5.74) is 0. The summed E-state index contributed by atoms with van der Waals surface area (Å²) in [5.74, 6) is -4.27. The molecule has 0 aliphatic rings. The second-order valence-electron chi connectivity index (χ2n) is 4.06. The van der Waals surface area contributed by atoms with Crippen LogP contribution in [-0.4, -0.2) is 36.3 Å². The Morgan fingerprint density at radius 1 is 1.11 bits per heavy atom. The fraction of sp³-hybridized carbons (Fsp3) is 0.333. The summed E-state index contributed by atoms with van der Waals surface area (Å²) in [4.78, 5) is 21.4. The number of carbonyl (C=O) groups is 2. The molecule has 1 rings (SSSR count). The largest absolute Gasteiger partial charge is 0.481 e. The average Bonchev–Trinajstić information content (AvgIpc) is 2.35. The second-order valence-corrected chi connectivity index (χ2v) is 6.10. The Hall–Kier alpha value is -1.89. The predicted molar refractivity (Wildman–Crippen MR) is 66.5 cm³/mol. The van der Waals surface area contributed by atoms with Crippen LogP contribution in [0.5, 0.6) is 0 Å². The number of carboxylic acid groups (broad SMARTS) is 2. The lowest BCUT2D eigenvalue weighted by atomic mass is 10.1. The number of carboxylic acids is 2. The molecular weight excluding hydrogens is 272 g/mol. The van der Waals surface area contributed by atoms with Crippen LogP contribution in [0.25, 0.3) is 0 Å². The van der Waals surface area contributed by atoms with Gasteiger partial charge in [-0.05, 0) is 18.6 Å². The SMILES string of the molecule is O=C(O)CCC(CS(=O)(=O)c1ccccc1)C(=O)O. The molecule has 19 heavy (non-hydrogen) atoms. The van der Waals surface area contributed by atoms with Crippen LogP contribution in [0.4, 0.5) is 0 Å². The highest BCUT2D eigenvalue weighted by molar-refractivity contribution is 7.91. The van der Waals surface area contributed by atoms with Crippen molar-refractivity contribution in [1.29, 1.82) is 0 Å². The smallest absolute Gasteiger partial charge is 0.307 e. The quantitative estimate of drug-likeness (QED) is 0.774. The van der Waals surface area contributed by atoms with E-state index in [9.17, 15) is 18.0 Å². The van der Waals surface area contributed by atoms with Crippen molar-refractivity contribution in [3.05, 3.63) is 30.3 Å². The molecule has 6 nitrogen and oxygen atoms in total. The van der Waals surface area contributed by atoms with E-state index in [4.69, 9.17) is 10.2 Å². The van der Waals surface area contributed by atoms with E-state index in [-0.39, 0.29) is 17.7 Å². The molecule has 0 saturated carbocycles. The summed E-state index contributed by atoms with van der Waals surface area (Å²) >= 11 is 0. The molecule has 0 radical (unpaired) electrons. The minimum Gasteiger partial charge on any atom is -0.481 e. The van der Waals surface area contributed by atoms with Gasteiger partial charge in [-0.1, -0.05) is 18.2 Å². The summed E-state index contributed by atoms with van der Waals surface area (Å²) in [6.07, 6.45) is -0.585. The van der Waals surface area contributed by atoms with Crippen molar-refractivity contribution < 1.29 is 28.2 Å². The number of rotatable bonds is 7. The Labute approximate surface area is 110 Å². The summed E-state index contributed by atoms with van der Waals surface area (Å²) in [6, 6.07) is 7.49. The maximum Gasteiger partial charge on any atom is 0.307 e. The zero-order valence-corrected chi connectivity index (χ0v) is 10.8. The molecule has 0 fully saturated rings. The summed E-state index contributed by atoms with van der Waals surface area (Å²) in [6.45, 7) is 0. The zero-order valence-electron chi connectivity index (χ0n) is 10.0. The molecule has 0 heterocycles. The van der Waals surface area contributed by atoms with Gasteiger partial charge in [-0.25, -0.2) is 8.42 Å². The average molecular weight is 286 g/mol. The molecule has 0 spiro atoms. The monoisotopic (exact) mass is 286 g/mol. The van der Waals surface area contributed by atoms with Crippen molar-refractivity contribution in [3.8, 4) is 0 Å². The van der Waals surface area contributed by atoms with Gasteiger partial charge in [0.1, 0.15) is 0 Å². The van der Waals surface area contributed by atoms with Crippen molar-refractivity contribution in [2.75, 3.05) is 5.75 Å². The maximum absolute atomic E-state index is 12.0. The topological polar surface area (TPSA) is 109 Å². The van der Waals surface area contributed by atoms with Crippen LogP contribution in [0.1, 0.15) is 12.8 Å². The van der Waals surface area contributed by atoms with Crippen molar-refractivity contribution >= 4 is 21.8 Å². The number of hydrogen-bond donors (Lipinski definition) is 2. The van der Waals surface area contributed by atoms with Gasteiger partial charge < -0.3 is 10.2 Å². The van der Waals surface area contributed by atoms with E-state index in [2.05, 4.69) is 0 Å². The Morgan fingerprint density at radius 3 is 2.16 bits per heavy atom. The molecule has 0 aliphatic heterocycles. The summed E-state index contributed by atoms with van der Waals surface area (Å²) < 4.78 is 24.0. The van der Waals surface area contributed by atoms with Gasteiger partial charge in [0.25, 0.3) is 0 Å². The lowest BCUT2D eigenvalue weighted by Crippen LogP contribution is -2.24. The highest BCUT2D eigenvalue weighted by Crippen LogP contribution is 2.17. The van der Waals surface area contributed by atoms with Gasteiger partial charge in [0.05, 0.1) is 16.6 Å². The molecule has 0 aromatic heterocycles. The van der Waals surface area contributed by atoms with Crippen molar-refractivity contribution in [1.82, 2.24) is 0 Å². The summed E-state index contributed by atoms with van der Waals surface area (Å²) in [5, 5.41) is 17.5. The Morgan fingerprint density at radius 2 is 1.68 bits per heavy atom. The lowest BCUT2D eigenvalue weighted by molar-refractivity contribution is -0.142. The van der Waals surface area contributed by atoms with Crippen LogP contribution < -0.4 is 0 Å². The number of hydrogen-bond acceptors (Lipinski definition) is 4. The first-order valence-corrected chi connectivity index (χ1v) is 7.20. The van der Waals surface area contributed by atoms with E-state index in [1.807, 2.05) is 0 Å². The van der Waals surface area contributed by atoms with Crippen molar-refractivity contribution in [2.45, 2.75) is 17.7 Å². The lowest BCUT2D eigenvalue weighted by Gasteiger charge is -2.11. The minimum absolute atomic E-state index is 0.0385. The van der Waals surface area contributed by atoms with Crippen molar-refractivity contribution in [2.24, 2.45) is 5.92 Å². The zero-order chi connectivity index (χ0) is 14.5.